The molecule has 0 spiro atoms. The normalized spacial score (nSPS) is 15.2. The van der Waals surface area contributed by atoms with E-state index >= 15 is 0 Å². The largest absolute Gasteiger partial charge is 0.482 e. The summed E-state index contributed by atoms with van der Waals surface area (Å²) in [5, 5.41) is 9.61. The van der Waals surface area contributed by atoms with E-state index < -0.39 is 0 Å². The van der Waals surface area contributed by atoms with E-state index in [0.717, 1.165) is 30.2 Å². The van der Waals surface area contributed by atoms with Crippen LogP contribution in [0.25, 0.3) is 0 Å². The lowest BCUT2D eigenvalue weighted by molar-refractivity contribution is -0.136. The number of hydrogen-bond acceptors (Lipinski definition) is 3. The predicted molar refractivity (Wildman–Crippen MR) is 85.7 cm³/mol. The van der Waals surface area contributed by atoms with Crippen molar-refractivity contribution in [1.82, 2.24) is 4.90 Å². The molecule has 6 heteroatoms. The molecule has 0 atom stereocenters. The summed E-state index contributed by atoms with van der Waals surface area (Å²) in [6.07, 6.45) is 4.29. The van der Waals surface area contributed by atoms with Crippen molar-refractivity contribution in [3.8, 4) is 5.75 Å². The van der Waals surface area contributed by atoms with Gasteiger partial charge in [-0.3, -0.25) is 4.79 Å². The molecule has 1 N–H and O–H groups in total. The summed E-state index contributed by atoms with van der Waals surface area (Å²) in [6.45, 7) is 0.278. The van der Waals surface area contributed by atoms with Crippen LogP contribution in [-0.2, 0) is 4.79 Å². The van der Waals surface area contributed by atoms with Crippen molar-refractivity contribution in [1.29, 1.82) is 0 Å². The molecule has 1 aromatic rings. The molecular formula is C15H19BrClNO3. The molecule has 1 saturated carbocycles. The van der Waals surface area contributed by atoms with Gasteiger partial charge in [0.1, 0.15) is 5.75 Å². The fourth-order valence-electron chi connectivity index (χ4n) is 2.65. The second-order valence-corrected chi connectivity index (χ2v) is 6.44. The van der Waals surface area contributed by atoms with Crippen LogP contribution in [0.4, 0.5) is 0 Å². The van der Waals surface area contributed by atoms with Crippen molar-refractivity contribution in [3.05, 3.63) is 27.7 Å². The molecule has 0 radical (unpaired) electrons. The van der Waals surface area contributed by atoms with E-state index in [9.17, 15) is 4.79 Å². The molecule has 0 saturated heterocycles. The Hall–Kier alpha value is -0.780. The van der Waals surface area contributed by atoms with Gasteiger partial charge in [-0.1, -0.05) is 40.4 Å². The standard InChI is InChI=1S/C15H19BrClNO3/c16-11-5-6-14(13(17)9-11)21-10-15(20)18(7-8-19)12-3-1-2-4-12/h5-6,9,12,19H,1-4,7-8,10H2. The Balaban J connectivity index is 1.95. The molecule has 0 aromatic heterocycles. The predicted octanol–water partition coefficient (Wildman–Crippen LogP) is 3.24. The van der Waals surface area contributed by atoms with Crippen LogP contribution in [-0.4, -0.2) is 41.7 Å². The summed E-state index contributed by atoms with van der Waals surface area (Å²) in [7, 11) is 0. The number of aliphatic hydroxyl groups excluding tert-OH is 1. The van der Waals surface area contributed by atoms with Crippen molar-refractivity contribution in [2.75, 3.05) is 19.8 Å². The molecular weight excluding hydrogens is 358 g/mol. The Morgan fingerprint density at radius 1 is 1.43 bits per heavy atom. The Labute approximate surface area is 138 Å². The lowest BCUT2D eigenvalue weighted by atomic mass is 10.2. The summed E-state index contributed by atoms with van der Waals surface area (Å²) in [5.41, 5.74) is 0. The molecule has 116 valence electrons. The number of ether oxygens (including phenoxy) is 1. The van der Waals surface area contributed by atoms with Crippen molar-refractivity contribution >= 4 is 33.4 Å². The van der Waals surface area contributed by atoms with Crippen molar-refractivity contribution in [3.63, 3.8) is 0 Å². The Morgan fingerprint density at radius 2 is 2.14 bits per heavy atom. The number of hydrogen-bond donors (Lipinski definition) is 1. The van der Waals surface area contributed by atoms with Gasteiger partial charge in [0.2, 0.25) is 0 Å². The smallest absolute Gasteiger partial charge is 0.260 e. The number of benzene rings is 1. The van der Waals surface area contributed by atoms with E-state index in [2.05, 4.69) is 15.9 Å². The summed E-state index contributed by atoms with van der Waals surface area (Å²) >= 11 is 9.38. The SMILES string of the molecule is O=C(COc1ccc(Br)cc1Cl)N(CCO)C1CCCC1. The zero-order chi connectivity index (χ0) is 15.2. The first-order valence-electron chi connectivity index (χ1n) is 7.10. The van der Waals surface area contributed by atoms with E-state index in [1.54, 1.807) is 17.0 Å². The van der Waals surface area contributed by atoms with Crippen molar-refractivity contribution < 1.29 is 14.6 Å². The van der Waals surface area contributed by atoms with Crippen LogP contribution >= 0.6 is 27.5 Å². The quantitative estimate of drug-likeness (QED) is 0.829. The lowest BCUT2D eigenvalue weighted by Crippen LogP contribution is -2.43. The van der Waals surface area contributed by atoms with Crippen LogP contribution in [0.15, 0.2) is 22.7 Å². The number of carbonyl (C=O) groups is 1. The summed E-state index contributed by atoms with van der Waals surface area (Å²) in [4.78, 5) is 14.0. The van der Waals surface area contributed by atoms with Crippen LogP contribution in [0, 0.1) is 0 Å². The number of rotatable bonds is 6. The van der Waals surface area contributed by atoms with E-state index in [4.69, 9.17) is 21.4 Å². The summed E-state index contributed by atoms with van der Waals surface area (Å²) in [6, 6.07) is 5.50. The molecule has 0 aliphatic heterocycles. The highest BCUT2D eigenvalue weighted by Gasteiger charge is 2.26. The first-order chi connectivity index (χ1) is 10.1. The zero-order valence-corrected chi connectivity index (χ0v) is 14.1. The Bertz CT molecular complexity index is 492. The van der Waals surface area contributed by atoms with Gasteiger partial charge in [-0.2, -0.15) is 0 Å². The molecule has 2 rings (SSSR count). The highest BCUT2D eigenvalue weighted by atomic mass is 79.9. The van der Waals surface area contributed by atoms with Gasteiger partial charge in [0.05, 0.1) is 11.6 Å². The average molecular weight is 377 g/mol. The fourth-order valence-corrected chi connectivity index (χ4v) is 3.38. The maximum absolute atomic E-state index is 12.3. The van der Waals surface area contributed by atoms with Gasteiger partial charge >= 0.3 is 0 Å². The van der Waals surface area contributed by atoms with E-state index in [-0.39, 0.29) is 25.2 Å². The van der Waals surface area contributed by atoms with Crippen LogP contribution in [0.3, 0.4) is 0 Å². The number of halogens is 2. The van der Waals surface area contributed by atoms with E-state index in [0.29, 0.717) is 17.3 Å². The number of nitrogens with zero attached hydrogens (tertiary/aromatic N) is 1. The van der Waals surface area contributed by atoms with Crippen LogP contribution in [0.1, 0.15) is 25.7 Å². The van der Waals surface area contributed by atoms with Crippen LogP contribution in [0.2, 0.25) is 5.02 Å². The first-order valence-corrected chi connectivity index (χ1v) is 8.27. The Kier molecular flexibility index (Phi) is 6.33. The highest BCUT2D eigenvalue weighted by Crippen LogP contribution is 2.28. The van der Waals surface area contributed by atoms with Crippen molar-refractivity contribution in [2.24, 2.45) is 0 Å². The summed E-state index contributed by atoms with van der Waals surface area (Å²) < 4.78 is 6.38. The average Bonchev–Trinajstić information content (AvgIpc) is 2.97. The van der Waals surface area contributed by atoms with Crippen molar-refractivity contribution in [2.45, 2.75) is 31.7 Å². The van der Waals surface area contributed by atoms with E-state index in [1.807, 2.05) is 6.07 Å². The highest BCUT2D eigenvalue weighted by molar-refractivity contribution is 9.10. The molecule has 1 amide bonds. The molecule has 0 heterocycles. The van der Waals surface area contributed by atoms with Gasteiger partial charge in [-0.15, -0.1) is 0 Å². The van der Waals surface area contributed by atoms with Gasteiger partial charge in [0.25, 0.3) is 5.91 Å². The fraction of sp³-hybridized carbons (Fsp3) is 0.533. The lowest BCUT2D eigenvalue weighted by Gasteiger charge is -2.28. The monoisotopic (exact) mass is 375 g/mol. The third-order valence-electron chi connectivity index (χ3n) is 3.67. The molecule has 0 bridgehead atoms. The molecule has 0 unspecified atom stereocenters. The van der Waals surface area contributed by atoms with Crippen LogP contribution in [0.5, 0.6) is 5.75 Å². The number of amides is 1. The van der Waals surface area contributed by atoms with Gasteiger partial charge < -0.3 is 14.7 Å². The third kappa shape index (κ3) is 4.59. The van der Waals surface area contributed by atoms with Crippen LogP contribution < -0.4 is 4.74 Å². The minimum absolute atomic E-state index is 0.0265. The van der Waals surface area contributed by atoms with Gasteiger partial charge in [0, 0.05) is 17.1 Å². The molecule has 4 nitrogen and oxygen atoms in total. The Morgan fingerprint density at radius 3 is 2.76 bits per heavy atom. The first kappa shape index (κ1) is 16.6. The second-order valence-electron chi connectivity index (χ2n) is 5.11. The van der Waals surface area contributed by atoms with E-state index in [1.165, 1.54) is 0 Å². The number of carbonyl (C=O) groups excluding carboxylic acids is 1. The number of aliphatic hydroxyl groups is 1. The minimum Gasteiger partial charge on any atom is -0.482 e. The maximum atomic E-state index is 12.3. The van der Waals surface area contributed by atoms with Gasteiger partial charge in [-0.25, -0.2) is 0 Å². The molecule has 1 aliphatic rings. The molecule has 1 aromatic carbocycles. The molecule has 1 aliphatic carbocycles. The summed E-state index contributed by atoms with van der Waals surface area (Å²) in [5.74, 6) is 0.388. The minimum atomic E-state index is -0.102. The molecule has 21 heavy (non-hydrogen) atoms. The zero-order valence-electron chi connectivity index (χ0n) is 11.7. The van der Waals surface area contributed by atoms with Gasteiger partial charge in [0.15, 0.2) is 6.61 Å². The third-order valence-corrected chi connectivity index (χ3v) is 4.46. The molecule has 1 fully saturated rings. The topological polar surface area (TPSA) is 49.8 Å². The maximum Gasteiger partial charge on any atom is 0.260 e. The second kappa shape index (κ2) is 8.01. The van der Waals surface area contributed by atoms with Gasteiger partial charge in [-0.05, 0) is 31.0 Å².